The Hall–Kier alpha value is -4.97. The molecule has 0 aromatic heterocycles. The highest BCUT2D eigenvalue weighted by atomic mass is 16.6. The molecule has 79 heavy (non-hydrogen) atoms. The van der Waals surface area contributed by atoms with Crippen LogP contribution in [0.1, 0.15) is 265 Å². The summed E-state index contributed by atoms with van der Waals surface area (Å²) in [5.41, 5.74) is 0. The van der Waals surface area contributed by atoms with Gasteiger partial charge in [0.25, 0.3) is 0 Å². The van der Waals surface area contributed by atoms with Crippen molar-refractivity contribution in [3.8, 4) is 0 Å². The van der Waals surface area contributed by atoms with Gasteiger partial charge in [-0.05, 0) is 148 Å². The molecule has 0 aromatic rings. The van der Waals surface area contributed by atoms with Crippen LogP contribution in [0.15, 0.2) is 158 Å². The van der Waals surface area contributed by atoms with E-state index in [0.29, 0.717) is 19.3 Å². The molecule has 0 fully saturated rings. The lowest BCUT2D eigenvalue weighted by Crippen LogP contribution is -2.30. The van der Waals surface area contributed by atoms with Gasteiger partial charge in [-0.15, -0.1) is 0 Å². The minimum atomic E-state index is -0.815. The van der Waals surface area contributed by atoms with Crippen molar-refractivity contribution in [2.24, 2.45) is 0 Å². The van der Waals surface area contributed by atoms with Crippen molar-refractivity contribution in [2.75, 3.05) is 13.2 Å². The first-order valence-electron chi connectivity index (χ1n) is 32.0. The van der Waals surface area contributed by atoms with Crippen LogP contribution in [0.25, 0.3) is 0 Å². The topological polar surface area (TPSA) is 78.9 Å². The van der Waals surface area contributed by atoms with Gasteiger partial charge in [-0.1, -0.05) is 256 Å². The van der Waals surface area contributed by atoms with Gasteiger partial charge < -0.3 is 14.2 Å². The molecule has 0 radical (unpaired) electrons. The fourth-order valence-electron chi connectivity index (χ4n) is 8.27. The maximum atomic E-state index is 12.9. The lowest BCUT2D eigenvalue weighted by atomic mass is 10.1. The van der Waals surface area contributed by atoms with Crippen molar-refractivity contribution < 1.29 is 28.6 Å². The fraction of sp³-hybridized carbons (Fsp3) is 0.603. The Morgan fingerprint density at radius 3 is 0.785 bits per heavy atom. The second kappa shape index (κ2) is 65.5. The van der Waals surface area contributed by atoms with E-state index < -0.39 is 6.10 Å². The summed E-state index contributed by atoms with van der Waals surface area (Å²) in [7, 11) is 0. The molecular weight excluding hydrogens is 973 g/mol. The third-order valence-electron chi connectivity index (χ3n) is 13.0. The van der Waals surface area contributed by atoms with Crippen molar-refractivity contribution in [1.29, 1.82) is 0 Å². The number of allylic oxidation sites excluding steroid dienone is 26. The predicted octanol–water partition coefficient (Wildman–Crippen LogP) is 22.1. The molecule has 0 spiro atoms. The molecule has 0 rings (SSSR count). The van der Waals surface area contributed by atoms with Crippen molar-refractivity contribution in [1.82, 2.24) is 0 Å². The molecule has 1 atom stereocenters. The summed E-state index contributed by atoms with van der Waals surface area (Å²) in [6.45, 7) is 6.34. The minimum Gasteiger partial charge on any atom is -0.462 e. The molecule has 0 amide bonds. The number of ether oxygens (including phenoxy) is 3. The number of carbonyl (C=O) groups excluding carboxylic acids is 3. The number of esters is 3. The van der Waals surface area contributed by atoms with E-state index >= 15 is 0 Å². The van der Waals surface area contributed by atoms with Crippen LogP contribution < -0.4 is 0 Å². The molecule has 0 aliphatic carbocycles. The van der Waals surface area contributed by atoms with Crippen LogP contribution in [0.5, 0.6) is 0 Å². The third-order valence-corrected chi connectivity index (χ3v) is 13.0. The normalized spacial score (nSPS) is 13.2. The monoisotopic (exact) mass is 1090 g/mol. The molecule has 0 aromatic carbocycles. The van der Waals surface area contributed by atoms with Crippen LogP contribution in [-0.4, -0.2) is 37.2 Å². The van der Waals surface area contributed by atoms with Gasteiger partial charge in [0, 0.05) is 19.3 Å². The molecule has 6 heteroatoms. The van der Waals surface area contributed by atoms with E-state index in [4.69, 9.17) is 14.2 Å². The highest BCUT2D eigenvalue weighted by molar-refractivity contribution is 5.71. The zero-order chi connectivity index (χ0) is 57.1. The van der Waals surface area contributed by atoms with E-state index in [-0.39, 0.29) is 31.1 Å². The molecule has 0 N–H and O–H groups in total. The molecule has 0 aliphatic rings. The summed E-state index contributed by atoms with van der Waals surface area (Å²) in [6.07, 6.45) is 95.3. The zero-order valence-electron chi connectivity index (χ0n) is 50.8. The average Bonchev–Trinajstić information content (AvgIpc) is 3.45. The number of rotatable bonds is 56. The number of unbranched alkanes of at least 4 members (excludes halogenated alkanes) is 19. The summed E-state index contributed by atoms with van der Waals surface area (Å²) in [4.78, 5) is 38.3. The Morgan fingerprint density at radius 1 is 0.266 bits per heavy atom. The SMILES string of the molecule is CC/C=C\C/C=C\C/C=C\C/C=C\C/C=C\C/C=C\C/C=C\CCCCCCCC(=O)OCC(COC(=O)CCCCC/C=C\C/C=C\C/C=C\CC)OC(=O)CCCCCCCC/C=C\C/C=C\C/C=C\CCCCCCC. The summed E-state index contributed by atoms with van der Waals surface area (Å²) >= 11 is 0. The highest BCUT2D eigenvalue weighted by Crippen LogP contribution is 2.14. The second-order valence-electron chi connectivity index (χ2n) is 20.5. The van der Waals surface area contributed by atoms with Crippen molar-refractivity contribution >= 4 is 17.9 Å². The molecule has 0 bridgehead atoms. The zero-order valence-corrected chi connectivity index (χ0v) is 50.8. The van der Waals surface area contributed by atoms with Crippen molar-refractivity contribution in [2.45, 2.75) is 271 Å². The smallest absolute Gasteiger partial charge is 0.306 e. The van der Waals surface area contributed by atoms with E-state index in [1.165, 1.54) is 51.4 Å². The van der Waals surface area contributed by atoms with Gasteiger partial charge in [-0.25, -0.2) is 0 Å². The van der Waals surface area contributed by atoms with Crippen LogP contribution in [0.4, 0.5) is 0 Å². The van der Waals surface area contributed by atoms with Crippen molar-refractivity contribution in [3.05, 3.63) is 158 Å². The molecule has 0 heterocycles. The van der Waals surface area contributed by atoms with Crippen LogP contribution >= 0.6 is 0 Å². The Balaban J connectivity index is 4.45. The van der Waals surface area contributed by atoms with Crippen LogP contribution in [0.2, 0.25) is 0 Å². The Labute approximate surface area is 486 Å². The molecule has 0 saturated heterocycles. The molecule has 1 unspecified atom stereocenters. The summed E-state index contributed by atoms with van der Waals surface area (Å²) in [6, 6.07) is 0. The van der Waals surface area contributed by atoms with E-state index in [2.05, 4.69) is 179 Å². The Morgan fingerprint density at radius 2 is 0.494 bits per heavy atom. The maximum absolute atomic E-state index is 12.9. The van der Waals surface area contributed by atoms with Gasteiger partial charge in [0.2, 0.25) is 0 Å². The first kappa shape index (κ1) is 74.0. The van der Waals surface area contributed by atoms with E-state index in [0.717, 1.165) is 173 Å². The third kappa shape index (κ3) is 63.7. The van der Waals surface area contributed by atoms with Crippen molar-refractivity contribution in [3.63, 3.8) is 0 Å². The second-order valence-corrected chi connectivity index (χ2v) is 20.5. The van der Waals surface area contributed by atoms with E-state index in [1.54, 1.807) is 0 Å². The first-order valence-corrected chi connectivity index (χ1v) is 32.0. The van der Waals surface area contributed by atoms with Gasteiger partial charge in [0.05, 0.1) is 0 Å². The predicted molar refractivity (Wildman–Crippen MR) is 343 cm³/mol. The molecule has 6 nitrogen and oxygen atoms in total. The molecule has 0 aliphatic heterocycles. The molecule has 0 saturated carbocycles. The number of carbonyl (C=O) groups is 3. The van der Waals surface area contributed by atoms with E-state index in [1.807, 2.05) is 0 Å². The van der Waals surface area contributed by atoms with Gasteiger partial charge in [0.15, 0.2) is 6.10 Å². The van der Waals surface area contributed by atoms with Gasteiger partial charge in [0.1, 0.15) is 13.2 Å². The van der Waals surface area contributed by atoms with Crippen LogP contribution in [0, 0.1) is 0 Å². The van der Waals surface area contributed by atoms with Gasteiger partial charge in [-0.2, -0.15) is 0 Å². The van der Waals surface area contributed by atoms with Crippen LogP contribution in [-0.2, 0) is 28.6 Å². The maximum Gasteiger partial charge on any atom is 0.306 e. The van der Waals surface area contributed by atoms with Crippen LogP contribution in [0.3, 0.4) is 0 Å². The number of hydrogen-bond acceptors (Lipinski definition) is 6. The quantitative estimate of drug-likeness (QED) is 0.0261. The highest BCUT2D eigenvalue weighted by Gasteiger charge is 2.19. The minimum absolute atomic E-state index is 0.110. The number of hydrogen-bond donors (Lipinski definition) is 0. The Bertz CT molecular complexity index is 1780. The average molecular weight is 1090 g/mol. The summed E-state index contributed by atoms with van der Waals surface area (Å²) in [5.74, 6) is -0.973. The molecule has 444 valence electrons. The lowest BCUT2D eigenvalue weighted by Gasteiger charge is -2.18. The standard InChI is InChI=1S/C73H116O6/c1-4-7-10-13-16-19-22-25-27-29-31-33-34-35-36-37-38-40-41-43-45-48-51-54-57-60-63-66-72(75)78-69-70(68-77-71(74)65-62-59-56-53-50-47-24-21-18-15-12-9-6-3)79-73(76)67-64-61-58-55-52-49-46-44-42-39-32-30-28-26-23-20-17-14-11-8-5-2/h7,9-10,12,16,18-19,21,23,25-27,30-33,35-36,38,40,42-45,47,50,70H,4-6,8,11,13-15,17,20,22,24,28-29,34,37,39,41,46,48-49,51-69H2,1-3H3/b10-7-,12-9-,19-16-,21-18-,26-23-,27-25-,32-30-,33-31-,36-35-,40-38-,44-42-,45-43-,50-47-. The largest absolute Gasteiger partial charge is 0.462 e. The van der Waals surface area contributed by atoms with Gasteiger partial charge >= 0.3 is 17.9 Å². The molecular formula is C73H116O6. The first-order chi connectivity index (χ1) is 39.0. The fourth-order valence-corrected chi connectivity index (χ4v) is 8.27. The lowest BCUT2D eigenvalue weighted by molar-refractivity contribution is -0.167. The van der Waals surface area contributed by atoms with Gasteiger partial charge in [-0.3, -0.25) is 14.4 Å². The Kier molecular flexibility index (Phi) is 61.4. The summed E-state index contributed by atoms with van der Waals surface area (Å²) in [5, 5.41) is 0. The van der Waals surface area contributed by atoms with E-state index in [9.17, 15) is 14.4 Å². The summed E-state index contributed by atoms with van der Waals surface area (Å²) < 4.78 is 16.9.